The molecule has 6 nitrogen and oxygen atoms in total. The number of pyridine rings is 1. The number of rotatable bonds is 6. The first kappa shape index (κ1) is 25.2. The van der Waals surface area contributed by atoms with Crippen LogP contribution in [-0.4, -0.2) is 70.3 Å². The van der Waals surface area contributed by atoms with Gasteiger partial charge in [0.2, 0.25) is 0 Å². The Morgan fingerprint density at radius 3 is 2.39 bits per heavy atom. The SMILES string of the molecule is O=C(c1ccc2c(ccn2-c2ccc(OC3CCN(CC4(C(F)(F)F)CCC4)CC3)cn2)c1)N1CCCC1. The van der Waals surface area contributed by atoms with Crippen molar-refractivity contribution in [2.45, 2.75) is 57.2 Å². The molecule has 0 atom stereocenters. The Hall–Kier alpha value is -3.07. The van der Waals surface area contributed by atoms with Crippen LogP contribution in [-0.2, 0) is 0 Å². The van der Waals surface area contributed by atoms with Crippen molar-refractivity contribution in [2.24, 2.45) is 5.41 Å². The maximum Gasteiger partial charge on any atom is 0.395 e. The zero-order valence-corrected chi connectivity index (χ0v) is 21.4. The number of hydrogen-bond donors (Lipinski definition) is 0. The van der Waals surface area contributed by atoms with Crippen molar-refractivity contribution in [1.82, 2.24) is 19.4 Å². The molecule has 9 heteroatoms. The molecule has 4 heterocycles. The van der Waals surface area contributed by atoms with E-state index in [-0.39, 0.29) is 31.4 Å². The van der Waals surface area contributed by atoms with Crippen LogP contribution in [0.2, 0.25) is 0 Å². The lowest BCUT2D eigenvalue weighted by Gasteiger charge is -2.47. The average molecular weight is 527 g/mol. The summed E-state index contributed by atoms with van der Waals surface area (Å²) < 4.78 is 48.7. The van der Waals surface area contributed by atoms with E-state index in [4.69, 9.17) is 4.74 Å². The largest absolute Gasteiger partial charge is 0.489 e. The van der Waals surface area contributed by atoms with Crippen LogP contribution in [0.1, 0.15) is 55.3 Å². The molecule has 1 aliphatic carbocycles. The molecule has 3 aliphatic rings. The van der Waals surface area contributed by atoms with E-state index in [1.807, 2.05) is 57.0 Å². The molecule has 1 amide bonds. The Morgan fingerprint density at radius 1 is 1.00 bits per heavy atom. The van der Waals surface area contributed by atoms with Gasteiger partial charge in [-0.15, -0.1) is 0 Å². The van der Waals surface area contributed by atoms with Gasteiger partial charge in [-0.25, -0.2) is 4.98 Å². The zero-order valence-electron chi connectivity index (χ0n) is 21.4. The second-order valence-electron chi connectivity index (χ2n) is 11.0. The van der Waals surface area contributed by atoms with E-state index in [1.165, 1.54) is 0 Å². The summed E-state index contributed by atoms with van der Waals surface area (Å²) in [6.45, 7) is 3.00. The first-order valence-corrected chi connectivity index (χ1v) is 13.6. The summed E-state index contributed by atoms with van der Waals surface area (Å²) in [7, 11) is 0. The molecular formula is C29H33F3N4O2. The highest BCUT2D eigenvalue weighted by molar-refractivity contribution is 5.98. The highest BCUT2D eigenvalue weighted by atomic mass is 19.4. The standard InChI is InChI=1S/C29H33F3N4O2/c30-29(31,32)28(11-3-12-28)20-34-15-9-23(10-16-34)38-24-5-7-26(33-19-24)36-17-8-21-18-22(4-6-25(21)36)27(37)35-13-1-2-14-35/h4-8,17-19,23H,1-3,9-16,20H2. The number of ether oxygens (including phenoxy) is 1. The number of aromatic nitrogens is 2. The fourth-order valence-electron chi connectivity index (χ4n) is 6.10. The van der Waals surface area contributed by atoms with E-state index in [1.54, 1.807) is 6.20 Å². The number of fused-ring (bicyclic) bond motifs is 1. The number of nitrogens with zero attached hydrogens (tertiary/aromatic N) is 4. The molecule has 202 valence electrons. The topological polar surface area (TPSA) is 50.6 Å². The number of hydrogen-bond acceptors (Lipinski definition) is 4. The van der Waals surface area contributed by atoms with Crippen molar-refractivity contribution in [3.8, 4) is 11.6 Å². The van der Waals surface area contributed by atoms with Crippen molar-refractivity contribution in [1.29, 1.82) is 0 Å². The third-order valence-electron chi connectivity index (χ3n) is 8.57. The van der Waals surface area contributed by atoms with Gasteiger partial charge in [-0.1, -0.05) is 6.42 Å². The van der Waals surface area contributed by atoms with Crippen LogP contribution in [0.4, 0.5) is 13.2 Å². The number of halogens is 3. The van der Waals surface area contributed by atoms with Crippen molar-refractivity contribution < 1.29 is 22.7 Å². The molecule has 3 aromatic rings. The monoisotopic (exact) mass is 526 g/mol. The smallest absolute Gasteiger partial charge is 0.395 e. The molecule has 2 aliphatic heterocycles. The predicted octanol–water partition coefficient (Wildman–Crippen LogP) is 5.84. The van der Waals surface area contributed by atoms with Crippen LogP contribution in [0.15, 0.2) is 48.8 Å². The second kappa shape index (κ2) is 9.91. The van der Waals surface area contributed by atoms with Gasteiger partial charge in [0.05, 0.1) is 17.1 Å². The summed E-state index contributed by atoms with van der Waals surface area (Å²) in [5.74, 6) is 1.50. The molecule has 3 fully saturated rings. The van der Waals surface area contributed by atoms with E-state index in [0.717, 1.165) is 42.7 Å². The van der Waals surface area contributed by atoms with Gasteiger partial charge in [0, 0.05) is 49.9 Å². The van der Waals surface area contributed by atoms with Gasteiger partial charge in [-0.05, 0) is 74.9 Å². The number of alkyl halides is 3. The number of likely N-dealkylation sites (tertiary alicyclic amines) is 2. The molecule has 1 saturated carbocycles. The number of amides is 1. The molecule has 6 rings (SSSR count). The molecule has 0 bridgehead atoms. The van der Waals surface area contributed by atoms with Gasteiger partial charge < -0.3 is 19.1 Å². The third kappa shape index (κ3) is 4.77. The van der Waals surface area contributed by atoms with Crippen molar-refractivity contribution in [2.75, 3.05) is 32.7 Å². The molecule has 2 saturated heterocycles. The fraction of sp³-hybridized carbons (Fsp3) is 0.517. The predicted molar refractivity (Wildman–Crippen MR) is 139 cm³/mol. The van der Waals surface area contributed by atoms with Gasteiger partial charge in [0.1, 0.15) is 17.7 Å². The lowest BCUT2D eigenvalue weighted by atomic mass is 9.67. The zero-order chi connectivity index (χ0) is 26.3. The minimum atomic E-state index is -4.12. The van der Waals surface area contributed by atoms with Crippen LogP contribution >= 0.6 is 0 Å². The highest BCUT2D eigenvalue weighted by Gasteiger charge is 2.58. The Balaban J connectivity index is 1.06. The van der Waals surface area contributed by atoms with Gasteiger partial charge in [0.25, 0.3) is 5.91 Å². The second-order valence-corrected chi connectivity index (χ2v) is 11.0. The molecule has 0 spiro atoms. The number of piperidine rings is 1. The molecule has 38 heavy (non-hydrogen) atoms. The Kier molecular flexibility index (Phi) is 6.58. The van der Waals surface area contributed by atoms with Gasteiger partial charge in [-0.3, -0.25) is 4.79 Å². The average Bonchev–Trinajstić information content (AvgIpc) is 3.57. The van der Waals surface area contributed by atoms with Crippen LogP contribution < -0.4 is 4.74 Å². The van der Waals surface area contributed by atoms with E-state index in [9.17, 15) is 18.0 Å². The number of benzene rings is 1. The highest BCUT2D eigenvalue weighted by Crippen LogP contribution is 2.53. The molecule has 0 unspecified atom stereocenters. The van der Waals surface area contributed by atoms with E-state index >= 15 is 0 Å². The Morgan fingerprint density at radius 2 is 1.76 bits per heavy atom. The van der Waals surface area contributed by atoms with Crippen molar-refractivity contribution in [3.63, 3.8) is 0 Å². The van der Waals surface area contributed by atoms with Crippen LogP contribution in [0.3, 0.4) is 0 Å². The minimum absolute atomic E-state index is 0.0268. The summed E-state index contributed by atoms with van der Waals surface area (Å²) in [5.41, 5.74) is 0.175. The summed E-state index contributed by atoms with van der Waals surface area (Å²) in [5, 5.41) is 0.984. The number of carbonyl (C=O) groups is 1. The normalized spacial score (nSPS) is 20.6. The lowest BCUT2D eigenvalue weighted by molar-refractivity contribution is -0.256. The van der Waals surface area contributed by atoms with Gasteiger partial charge in [0.15, 0.2) is 0 Å². The summed E-state index contributed by atoms with van der Waals surface area (Å²) >= 11 is 0. The van der Waals surface area contributed by atoms with Crippen molar-refractivity contribution in [3.05, 3.63) is 54.4 Å². The minimum Gasteiger partial charge on any atom is -0.489 e. The van der Waals surface area contributed by atoms with Crippen LogP contribution in [0, 0.1) is 5.41 Å². The van der Waals surface area contributed by atoms with Crippen molar-refractivity contribution >= 4 is 16.8 Å². The third-order valence-corrected chi connectivity index (χ3v) is 8.57. The first-order valence-electron chi connectivity index (χ1n) is 13.6. The summed E-state index contributed by atoms with van der Waals surface area (Å²) in [6.07, 6.45) is 4.21. The Bertz CT molecular complexity index is 1290. The van der Waals surface area contributed by atoms with Crippen LogP contribution in [0.25, 0.3) is 16.7 Å². The van der Waals surface area contributed by atoms with E-state index in [0.29, 0.717) is 43.7 Å². The van der Waals surface area contributed by atoms with Gasteiger partial charge >= 0.3 is 6.18 Å². The molecule has 0 radical (unpaired) electrons. The maximum absolute atomic E-state index is 13.5. The summed E-state index contributed by atoms with van der Waals surface area (Å²) in [4.78, 5) is 21.2. The summed E-state index contributed by atoms with van der Waals surface area (Å²) in [6, 6.07) is 11.6. The van der Waals surface area contributed by atoms with Crippen LogP contribution in [0.5, 0.6) is 5.75 Å². The Labute approximate surface area is 220 Å². The van der Waals surface area contributed by atoms with E-state index < -0.39 is 11.6 Å². The quantitative estimate of drug-likeness (QED) is 0.405. The molecule has 2 aromatic heterocycles. The maximum atomic E-state index is 13.5. The molecule has 1 aromatic carbocycles. The fourth-order valence-corrected chi connectivity index (χ4v) is 6.10. The molecule has 0 N–H and O–H groups in total. The molecular weight excluding hydrogens is 493 g/mol. The van der Waals surface area contributed by atoms with Gasteiger partial charge in [-0.2, -0.15) is 13.2 Å². The first-order chi connectivity index (χ1) is 18.3. The van der Waals surface area contributed by atoms with E-state index in [2.05, 4.69) is 4.98 Å². The lowest BCUT2D eigenvalue weighted by Crippen LogP contribution is -2.53. The number of carbonyl (C=O) groups excluding carboxylic acids is 1.